The van der Waals surface area contributed by atoms with Crippen molar-refractivity contribution in [2.45, 2.75) is 24.8 Å². The molecule has 0 aliphatic carbocycles. The van der Waals surface area contributed by atoms with Gasteiger partial charge in [0.15, 0.2) is 0 Å². The van der Waals surface area contributed by atoms with Gasteiger partial charge in [-0.1, -0.05) is 0 Å². The molecular formula is C8H11F3N2O3. The maximum atomic E-state index is 12.4. The number of alkyl halides is 3. The molecule has 2 unspecified atom stereocenters. The van der Waals surface area contributed by atoms with Crippen molar-refractivity contribution < 1.29 is 28.5 Å². The Bertz CT molecular complexity index is 340. The molecule has 2 atom stereocenters. The number of rotatable bonds is 4. The highest BCUT2D eigenvalue weighted by Gasteiger charge is 2.38. The van der Waals surface area contributed by atoms with Gasteiger partial charge in [-0.15, -0.1) is 0 Å². The molecule has 1 rings (SSSR count). The molecule has 0 aromatic carbocycles. The van der Waals surface area contributed by atoms with E-state index in [-0.39, 0.29) is 6.42 Å². The molecule has 1 aromatic rings. The molecule has 0 bridgehead atoms. The molecule has 92 valence electrons. The summed E-state index contributed by atoms with van der Waals surface area (Å²) in [6, 6.07) is 0. The zero-order valence-electron chi connectivity index (χ0n) is 8.07. The highest BCUT2D eigenvalue weighted by atomic mass is 19.4. The summed E-state index contributed by atoms with van der Waals surface area (Å²) in [5, 5.41) is 32.1. The van der Waals surface area contributed by atoms with Crippen LogP contribution in [0.2, 0.25) is 0 Å². The number of halogens is 3. The number of hydrogen-bond acceptors (Lipinski definition) is 4. The van der Waals surface area contributed by atoms with Gasteiger partial charge in [-0.25, -0.2) is 0 Å². The molecule has 0 fully saturated rings. The average Bonchev–Trinajstić information content (AvgIpc) is 2.64. The van der Waals surface area contributed by atoms with Crippen LogP contribution in [0.4, 0.5) is 13.2 Å². The van der Waals surface area contributed by atoms with Crippen molar-refractivity contribution in [2.75, 3.05) is 6.61 Å². The number of H-pyrrole nitrogens is 1. The minimum absolute atomic E-state index is 0.219. The van der Waals surface area contributed by atoms with Crippen LogP contribution in [-0.4, -0.2) is 38.2 Å². The smallest absolute Gasteiger partial charge is 0.396 e. The fourth-order valence-corrected chi connectivity index (χ4v) is 1.24. The minimum Gasteiger partial charge on any atom is -0.396 e. The van der Waals surface area contributed by atoms with Crippen molar-refractivity contribution >= 4 is 0 Å². The highest BCUT2D eigenvalue weighted by Crippen LogP contribution is 2.33. The number of nitrogens with zero attached hydrogens (tertiary/aromatic N) is 1. The SMILES string of the molecule is OCCC(O)C(O)c1cn[nH]c1C(F)(F)F. The second-order valence-electron chi connectivity index (χ2n) is 3.22. The first-order valence-electron chi connectivity index (χ1n) is 4.45. The van der Waals surface area contributed by atoms with E-state index in [1.54, 1.807) is 5.10 Å². The summed E-state index contributed by atoms with van der Waals surface area (Å²) in [6.45, 7) is -0.433. The van der Waals surface area contributed by atoms with E-state index >= 15 is 0 Å². The van der Waals surface area contributed by atoms with E-state index in [0.717, 1.165) is 6.20 Å². The van der Waals surface area contributed by atoms with Crippen LogP contribution in [0.3, 0.4) is 0 Å². The van der Waals surface area contributed by atoms with Crippen molar-refractivity contribution in [1.29, 1.82) is 0 Å². The van der Waals surface area contributed by atoms with Crippen LogP contribution in [-0.2, 0) is 6.18 Å². The molecule has 0 aliphatic heterocycles. The molecule has 0 aliphatic rings. The third-order valence-corrected chi connectivity index (χ3v) is 2.06. The van der Waals surface area contributed by atoms with Crippen LogP contribution in [0, 0.1) is 0 Å². The highest BCUT2D eigenvalue weighted by molar-refractivity contribution is 5.22. The van der Waals surface area contributed by atoms with Gasteiger partial charge < -0.3 is 15.3 Å². The lowest BCUT2D eigenvalue weighted by molar-refractivity contribution is -0.143. The van der Waals surface area contributed by atoms with E-state index in [1.165, 1.54) is 0 Å². The van der Waals surface area contributed by atoms with E-state index < -0.39 is 36.2 Å². The second-order valence-corrected chi connectivity index (χ2v) is 3.22. The first-order valence-corrected chi connectivity index (χ1v) is 4.45. The van der Waals surface area contributed by atoms with Gasteiger partial charge in [0.25, 0.3) is 0 Å². The Hall–Kier alpha value is -1.12. The standard InChI is InChI=1S/C8H11F3N2O3/c9-8(10,11)7-4(3-12-13-7)6(16)5(15)1-2-14/h3,5-6,14-16H,1-2H2,(H,12,13). The fraction of sp³-hybridized carbons (Fsp3) is 0.625. The number of hydrogen-bond donors (Lipinski definition) is 4. The number of aliphatic hydroxyl groups is 3. The van der Waals surface area contributed by atoms with E-state index in [9.17, 15) is 23.4 Å². The molecule has 1 heterocycles. The lowest BCUT2D eigenvalue weighted by Gasteiger charge is -2.17. The Balaban J connectivity index is 2.92. The Kier molecular flexibility index (Phi) is 3.89. The number of nitrogens with one attached hydrogen (secondary N) is 1. The molecule has 8 heteroatoms. The van der Waals surface area contributed by atoms with Gasteiger partial charge in [0.1, 0.15) is 11.8 Å². The summed E-state index contributed by atoms with van der Waals surface area (Å²) in [5.41, 5.74) is -1.73. The lowest BCUT2D eigenvalue weighted by Crippen LogP contribution is -2.22. The molecule has 0 spiro atoms. The zero-order valence-corrected chi connectivity index (χ0v) is 8.07. The van der Waals surface area contributed by atoms with E-state index in [1.807, 2.05) is 0 Å². The van der Waals surface area contributed by atoms with Gasteiger partial charge in [-0.05, 0) is 6.42 Å². The normalized spacial score (nSPS) is 16.1. The van der Waals surface area contributed by atoms with Gasteiger partial charge in [-0.2, -0.15) is 18.3 Å². The predicted molar refractivity (Wildman–Crippen MR) is 46.3 cm³/mol. The Labute approximate surface area is 88.5 Å². The Morgan fingerprint density at radius 3 is 2.50 bits per heavy atom. The van der Waals surface area contributed by atoms with Gasteiger partial charge in [0.05, 0.1) is 12.3 Å². The van der Waals surface area contributed by atoms with Crippen LogP contribution >= 0.6 is 0 Å². The second kappa shape index (κ2) is 4.81. The number of aromatic amines is 1. The van der Waals surface area contributed by atoms with Crippen molar-refractivity contribution in [1.82, 2.24) is 10.2 Å². The minimum atomic E-state index is -4.67. The first kappa shape index (κ1) is 12.9. The maximum absolute atomic E-state index is 12.4. The molecule has 1 aromatic heterocycles. The maximum Gasteiger partial charge on any atom is 0.433 e. The Morgan fingerprint density at radius 2 is 2.00 bits per heavy atom. The molecular weight excluding hydrogens is 229 g/mol. The largest absolute Gasteiger partial charge is 0.433 e. The van der Waals surface area contributed by atoms with Crippen LogP contribution < -0.4 is 0 Å². The summed E-state index contributed by atoms with van der Waals surface area (Å²) in [4.78, 5) is 0. The first-order chi connectivity index (χ1) is 7.38. The molecule has 0 saturated heterocycles. The lowest BCUT2D eigenvalue weighted by atomic mass is 10.0. The monoisotopic (exact) mass is 240 g/mol. The quantitative estimate of drug-likeness (QED) is 0.605. The van der Waals surface area contributed by atoms with Gasteiger partial charge in [-0.3, -0.25) is 5.10 Å². The third-order valence-electron chi connectivity index (χ3n) is 2.06. The molecule has 16 heavy (non-hydrogen) atoms. The fourth-order valence-electron chi connectivity index (χ4n) is 1.24. The van der Waals surface area contributed by atoms with E-state index in [4.69, 9.17) is 5.11 Å². The summed E-state index contributed by atoms with van der Waals surface area (Å²) >= 11 is 0. The van der Waals surface area contributed by atoms with Crippen molar-refractivity contribution in [3.8, 4) is 0 Å². The summed E-state index contributed by atoms with van der Waals surface area (Å²) in [6.07, 6.45) is -7.30. The summed E-state index contributed by atoms with van der Waals surface area (Å²) in [5.74, 6) is 0. The number of aromatic nitrogens is 2. The summed E-state index contributed by atoms with van der Waals surface area (Å²) in [7, 11) is 0. The van der Waals surface area contributed by atoms with E-state index in [0.29, 0.717) is 0 Å². The van der Waals surface area contributed by atoms with Gasteiger partial charge in [0, 0.05) is 12.2 Å². The van der Waals surface area contributed by atoms with Crippen LogP contribution in [0.5, 0.6) is 0 Å². The third kappa shape index (κ3) is 2.71. The molecule has 5 nitrogen and oxygen atoms in total. The van der Waals surface area contributed by atoms with E-state index in [2.05, 4.69) is 5.10 Å². The summed E-state index contributed by atoms with van der Waals surface area (Å²) < 4.78 is 37.1. The molecule has 0 radical (unpaired) electrons. The van der Waals surface area contributed by atoms with Crippen molar-refractivity contribution in [2.24, 2.45) is 0 Å². The Morgan fingerprint density at radius 1 is 1.38 bits per heavy atom. The number of aliphatic hydroxyl groups excluding tert-OH is 3. The van der Waals surface area contributed by atoms with Gasteiger partial charge in [0.2, 0.25) is 0 Å². The zero-order chi connectivity index (χ0) is 12.3. The van der Waals surface area contributed by atoms with Crippen LogP contribution in [0.1, 0.15) is 23.8 Å². The van der Waals surface area contributed by atoms with Crippen LogP contribution in [0.15, 0.2) is 6.20 Å². The van der Waals surface area contributed by atoms with Crippen LogP contribution in [0.25, 0.3) is 0 Å². The van der Waals surface area contributed by atoms with Gasteiger partial charge >= 0.3 is 6.18 Å². The van der Waals surface area contributed by atoms with Crippen molar-refractivity contribution in [3.63, 3.8) is 0 Å². The molecule has 0 saturated carbocycles. The average molecular weight is 240 g/mol. The molecule has 4 N–H and O–H groups in total. The predicted octanol–water partition coefficient (Wildman–Crippen LogP) is 0.205. The topological polar surface area (TPSA) is 89.4 Å². The van der Waals surface area contributed by atoms with Crippen molar-refractivity contribution in [3.05, 3.63) is 17.5 Å². The molecule has 0 amide bonds.